The quantitative estimate of drug-likeness (QED) is 0.799. The molecule has 0 radical (unpaired) electrons. The van der Waals surface area contributed by atoms with E-state index in [4.69, 9.17) is 0 Å². The molecule has 22 heavy (non-hydrogen) atoms. The highest BCUT2D eigenvalue weighted by molar-refractivity contribution is 6.24. The van der Waals surface area contributed by atoms with Crippen molar-refractivity contribution in [2.24, 2.45) is 0 Å². The van der Waals surface area contributed by atoms with E-state index in [1.165, 1.54) is 0 Å². The highest BCUT2D eigenvalue weighted by Crippen LogP contribution is 2.39. The Labute approximate surface area is 126 Å². The second-order valence-electron chi connectivity index (χ2n) is 5.50. The number of anilines is 1. The largest absolute Gasteiger partial charge is 0.274 e. The lowest BCUT2D eigenvalue weighted by Gasteiger charge is -2.22. The molecule has 3 nitrogen and oxygen atoms in total. The summed E-state index contributed by atoms with van der Waals surface area (Å²) in [6, 6.07) is 11.5. The predicted octanol–water partition coefficient (Wildman–Crippen LogP) is 3.19. The number of halogens is 2. The van der Waals surface area contributed by atoms with E-state index in [-0.39, 0.29) is 12.1 Å². The second kappa shape index (κ2) is 5.02. The van der Waals surface area contributed by atoms with E-state index in [2.05, 4.69) is 0 Å². The summed E-state index contributed by atoms with van der Waals surface area (Å²) in [6.07, 6.45) is -0.0776. The molecule has 0 bridgehead atoms. The molecule has 0 saturated carbocycles. The molecule has 1 fully saturated rings. The van der Waals surface area contributed by atoms with Crippen molar-refractivity contribution in [3.05, 3.63) is 65.7 Å². The molecule has 1 saturated heterocycles. The molecule has 1 atom stereocenters. The summed E-state index contributed by atoms with van der Waals surface area (Å²) in [5, 5.41) is 0. The zero-order chi connectivity index (χ0) is 15.9. The van der Waals surface area contributed by atoms with Crippen molar-refractivity contribution in [1.82, 2.24) is 0 Å². The van der Waals surface area contributed by atoms with Gasteiger partial charge in [0.15, 0.2) is 0 Å². The summed E-state index contributed by atoms with van der Waals surface area (Å²) in [5.74, 6) is -2.60. The van der Waals surface area contributed by atoms with Crippen LogP contribution in [-0.2, 0) is 15.0 Å². The van der Waals surface area contributed by atoms with Crippen molar-refractivity contribution in [1.29, 1.82) is 0 Å². The number of benzene rings is 2. The third-order valence-corrected chi connectivity index (χ3v) is 3.99. The first kappa shape index (κ1) is 14.4. The van der Waals surface area contributed by atoms with Gasteiger partial charge in [-0.2, -0.15) is 0 Å². The van der Waals surface area contributed by atoms with Gasteiger partial charge in [0.05, 0.1) is 11.1 Å². The fraction of sp³-hybridized carbons (Fsp3) is 0.176. The first-order valence-electron chi connectivity index (χ1n) is 6.81. The summed E-state index contributed by atoms with van der Waals surface area (Å²) < 4.78 is 27.3. The number of amides is 2. The van der Waals surface area contributed by atoms with Crippen LogP contribution in [0.15, 0.2) is 48.5 Å². The summed E-state index contributed by atoms with van der Waals surface area (Å²) in [4.78, 5) is 25.7. The standard InChI is InChI=1S/C17H13F2NO2/c1-17(11-5-3-2-4-6-11)10-15(21)20(16(17)22)14-9-12(18)7-8-13(14)19/h2-9H,10H2,1H3/t17-/m1/s1. The maximum atomic E-state index is 13.9. The molecule has 112 valence electrons. The summed E-state index contributed by atoms with van der Waals surface area (Å²) in [5.41, 5.74) is -0.737. The van der Waals surface area contributed by atoms with Crippen LogP contribution in [0.25, 0.3) is 0 Å². The van der Waals surface area contributed by atoms with Gasteiger partial charge >= 0.3 is 0 Å². The fourth-order valence-corrected chi connectivity index (χ4v) is 2.75. The summed E-state index contributed by atoms with van der Waals surface area (Å²) in [6.45, 7) is 1.64. The molecular weight excluding hydrogens is 288 g/mol. The van der Waals surface area contributed by atoms with Gasteiger partial charge in [-0.05, 0) is 24.6 Å². The van der Waals surface area contributed by atoms with Crippen LogP contribution in [0.5, 0.6) is 0 Å². The Hall–Kier alpha value is -2.56. The molecule has 2 aromatic rings. The lowest BCUT2D eigenvalue weighted by atomic mass is 9.81. The summed E-state index contributed by atoms with van der Waals surface area (Å²) in [7, 11) is 0. The maximum Gasteiger partial charge on any atom is 0.244 e. The fourth-order valence-electron chi connectivity index (χ4n) is 2.75. The van der Waals surface area contributed by atoms with E-state index in [0.717, 1.165) is 23.1 Å². The molecule has 0 unspecified atom stereocenters. The number of imide groups is 1. The van der Waals surface area contributed by atoms with Crippen molar-refractivity contribution in [2.45, 2.75) is 18.8 Å². The van der Waals surface area contributed by atoms with Gasteiger partial charge in [-0.25, -0.2) is 13.7 Å². The van der Waals surface area contributed by atoms with E-state index in [1.54, 1.807) is 37.3 Å². The molecule has 1 heterocycles. The molecule has 0 N–H and O–H groups in total. The third-order valence-electron chi connectivity index (χ3n) is 3.99. The smallest absolute Gasteiger partial charge is 0.244 e. The van der Waals surface area contributed by atoms with Crippen LogP contribution in [-0.4, -0.2) is 11.8 Å². The van der Waals surface area contributed by atoms with Crippen molar-refractivity contribution >= 4 is 17.5 Å². The van der Waals surface area contributed by atoms with Crippen molar-refractivity contribution in [2.75, 3.05) is 4.90 Å². The van der Waals surface area contributed by atoms with Gasteiger partial charge in [-0.3, -0.25) is 9.59 Å². The van der Waals surface area contributed by atoms with Crippen molar-refractivity contribution in [3.63, 3.8) is 0 Å². The number of carbonyl (C=O) groups excluding carboxylic acids is 2. The molecular formula is C17H13F2NO2. The van der Waals surface area contributed by atoms with Gasteiger partial charge in [0.2, 0.25) is 11.8 Å². The molecule has 5 heteroatoms. The number of carbonyl (C=O) groups is 2. The van der Waals surface area contributed by atoms with E-state index in [0.29, 0.717) is 5.56 Å². The number of nitrogens with zero attached hydrogens (tertiary/aromatic N) is 1. The van der Waals surface area contributed by atoms with Crippen LogP contribution >= 0.6 is 0 Å². The van der Waals surface area contributed by atoms with Crippen LogP contribution in [0.4, 0.5) is 14.5 Å². The van der Waals surface area contributed by atoms with E-state index in [1.807, 2.05) is 0 Å². The minimum Gasteiger partial charge on any atom is -0.274 e. The Morgan fingerprint density at radius 2 is 1.73 bits per heavy atom. The van der Waals surface area contributed by atoms with Crippen LogP contribution in [0, 0.1) is 11.6 Å². The van der Waals surface area contributed by atoms with E-state index >= 15 is 0 Å². The first-order valence-corrected chi connectivity index (χ1v) is 6.81. The molecule has 0 aromatic heterocycles. The molecule has 1 aliphatic rings. The highest BCUT2D eigenvalue weighted by atomic mass is 19.1. The van der Waals surface area contributed by atoms with Gasteiger partial charge in [0.1, 0.15) is 11.6 Å². The Bertz CT molecular complexity index is 761. The topological polar surface area (TPSA) is 37.4 Å². The van der Waals surface area contributed by atoms with E-state index < -0.39 is 28.9 Å². The highest BCUT2D eigenvalue weighted by Gasteiger charge is 2.50. The van der Waals surface area contributed by atoms with Gasteiger partial charge in [0.25, 0.3) is 0 Å². The van der Waals surface area contributed by atoms with Crippen LogP contribution in [0.1, 0.15) is 18.9 Å². The monoisotopic (exact) mass is 301 g/mol. The predicted molar refractivity (Wildman–Crippen MR) is 77.3 cm³/mol. The minimum atomic E-state index is -1.07. The SMILES string of the molecule is C[C@]1(c2ccccc2)CC(=O)N(c2cc(F)ccc2F)C1=O. The minimum absolute atomic E-state index is 0.0776. The van der Waals surface area contributed by atoms with Crippen molar-refractivity contribution < 1.29 is 18.4 Å². The molecule has 2 amide bonds. The lowest BCUT2D eigenvalue weighted by Crippen LogP contribution is -2.37. The van der Waals surface area contributed by atoms with Gasteiger partial charge in [-0.1, -0.05) is 30.3 Å². The Morgan fingerprint density at radius 1 is 1.05 bits per heavy atom. The molecule has 3 rings (SSSR count). The molecule has 2 aromatic carbocycles. The lowest BCUT2D eigenvalue weighted by molar-refractivity contribution is -0.122. The van der Waals surface area contributed by atoms with Crippen molar-refractivity contribution in [3.8, 4) is 0 Å². The zero-order valence-electron chi connectivity index (χ0n) is 11.8. The van der Waals surface area contributed by atoms with E-state index in [9.17, 15) is 18.4 Å². The summed E-state index contributed by atoms with van der Waals surface area (Å²) >= 11 is 0. The normalized spacial score (nSPS) is 21.5. The number of hydrogen-bond donors (Lipinski definition) is 0. The zero-order valence-corrected chi connectivity index (χ0v) is 11.8. The van der Waals surface area contributed by atoms with Crippen LogP contribution < -0.4 is 4.90 Å². The van der Waals surface area contributed by atoms with Crippen LogP contribution in [0.3, 0.4) is 0 Å². The average Bonchev–Trinajstić information content (AvgIpc) is 2.74. The second-order valence-corrected chi connectivity index (χ2v) is 5.50. The Balaban J connectivity index is 2.08. The molecule has 0 aliphatic carbocycles. The Morgan fingerprint density at radius 3 is 2.41 bits per heavy atom. The number of rotatable bonds is 2. The Kier molecular flexibility index (Phi) is 3.28. The van der Waals surface area contributed by atoms with Gasteiger partial charge in [-0.15, -0.1) is 0 Å². The third kappa shape index (κ3) is 2.09. The number of hydrogen-bond acceptors (Lipinski definition) is 2. The average molecular weight is 301 g/mol. The van der Waals surface area contributed by atoms with Gasteiger partial charge < -0.3 is 0 Å². The first-order chi connectivity index (χ1) is 10.4. The molecule has 0 spiro atoms. The molecule has 1 aliphatic heterocycles. The van der Waals surface area contributed by atoms with Gasteiger partial charge in [0, 0.05) is 12.5 Å². The van der Waals surface area contributed by atoms with Crippen LogP contribution in [0.2, 0.25) is 0 Å². The maximum absolute atomic E-state index is 13.9.